The van der Waals surface area contributed by atoms with Gasteiger partial charge in [-0.3, -0.25) is 13.9 Å². The van der Waals surface area contributed by atoms with Crippen molar-refractivity contribution in [2.24, 2.45) is 5.92 Å². The van der Waals surface area contributed by atoms with Crippen LogP contribution >= 0.6 is 11.6 Å². The molecule has 0 aliphatic heterocycles. The van der Waals surface area contributed by atoms with Crippen LogP contribution in [0.3, 0.4) is 0 Å². The quantitative estimate of drug-likeness (QED) is 0.310. The lowest BCUT2D eigenvalue weighted by molar-refractivity contribution is -0.138. The molecule has 0 spiro atoms. The molecule has 0 unspecified atom stereocenters. The van der Waals surface area contributed by atoms with Gasteiger partial charge in [0.15, 0.2) is 0 Å². The zero-order valence-electron chi connectivity index (χ0n) is 23.7. The van der Waals surface area contributed by atoms with Crippen LogP contribution in [-0.2, 0) is 26.0 Å². The molecule has 1 atom stereocenters. The number of benzene rings is 3. The third-order valence-corrected chi connectivity index (χ3v) is 8.67. The average molecular weight is 584 g/mol. The van der Waals surface area contributed by atoms with E-state index in [1.165, 1.54) is 17.0 Å². The number of hydrogen-bond acceptors (Lipinski definition) is 4. The van der Waals surface area contributed by atoms with Gasteiger partial charge in [0.2, 0.25) is 11.8 Å². The van der Waals surface area contributed by atoms with Crippen LogP contribution in [0.25, 0.3) is 0 Å². The van der Waals surface area contributed by atoms with Gasteiger partial charge in [0.1, 0.15) is 12.6 Å². The maximum Gasteiger partial charge on any atom is 0.264 e. The van der Waals surface area contributed by atoms with Crippen molar-refractivity contribution in [1.29, 1.82) is 0 Å². The predicted molar refractivity (Wildman–Crippen MR) is 161 cm³/mol. The van der Waals surface area contributed by atoms with Crippen LogP contribution in [-0.4, -0.2) is 50.8 Å². The van der Waals surface area contributed by atoms with Gasteiger partial charge in [-0.25, -0.2) is 8.42 Å². The van der Waals surface area contributed by atoms with Gasteiger partial charge >= 0.3 is 0 Å². The highest BCUT2D eigenvalue weighted by Gasteiger charge is 2.33. The van der Waals surface area contributed by atoms with Gasteiger partial charge in [-0.05, 0) is 68.5 Å². The molecule has 9 heteroatoms. The van der Waals surface area contributed by atoms with Crippen LogP contribution in [0.2, 0.25) is 5.02 Å². The second-order valence-electron chi connectivity index (χ2n) is 10.4. The fraction of sp³-hybridized carbons (Fsp3) is 0.355. The van der Waals surface area contributed by atoms with Crippen molar-refractivity contribution < 1.29 is 18.0 Å². The minimum Gasteiger partial charge on any atom is -0.354 e. The zero-order valence-corrected chi connectivity index (χ0v) is 25.3. The van der Waals surface area contributed by atoms with Gasteiger partial charge in [-0.2, -0.15) is 0 Å². The Morgan fingerprint density at radius 3 is 2.20 bits per heavy atom. The standard InChI is InChI=1S/C31H38ClN3O4S/c1-22(2)20-33-31(37)25(5)34(18-17-26-9-7-6-8-10-26)30(36)21-35(29-19-27(32)14-13-24(29)4)40(38,39)28-15-11-23(3)12-16-28/h6-16,19,22,25H,17-18,20-21H2,1-5H3,(H,33,37)/t25-/m0/s1. The van der Waals surface area contributed by atoms with E-state index in [0.717, 1.165) is 15.4 Å². The van der Waals surface area contributed by atoms with Crippen molar-refractivity contribution in [1.82, 2.24) is 10.2 Å². The molecule has 0 bridgehead atoms. The monoisotopic (exact) mass is 583 g/mol. The molecule has 0 saturated carbocycles. The van der Waals surface area contributed by atoms with E-state index in [2.05, 4.69) is 5.32 Å². The topological polar surface area (TPSA) is 86.8 Å². The first-order valence-electron chi connectivity index (χ1n) is 13.4. The third kappa shape index (κ3) is 8.08. The van der Waals surface area contributed by atoms with Crippen molar-refractivity contribution in [3.05, 3.63) is 94.5 Å². The lowest BCUT2D eigenvalue weighted by Crippen LogP contribution is -2.52. The number of nitrogens with one attached hydrogen (secondary N) is 1. The van der Waals surface area contributed by atoms with E-state index >= 15 is 0 Å². The third-order valence-electron chi connectivity index (χ3n) is 6.66. The lowest BCUT2D eigenvalue weighted by atomic mass is 10.1. The number of rotatable bonds is 12. The Hall–Kier alpha value is -3.36. The van der Waals surface area contributed by atoms with Crippen molar-refractivity contribution in [3.8, 4) is 0 Å². The minimum atomic E-state index is -4.15. The molecule has 3 aromatic carbocycles. The van der Waals surface area contributed by atoms with Crippen LogP contribution < -0.4 is 9.62 Å². The number of carbonyl (C=O) groups is 2. The number of halogens is 1. The van der Waals surface area contributed by atoms with E-state index in [4.69, 9.17) is 11.6 Å². The normalized spacial score (nSPS) is 12.2. The molecule has 0 saturated heterocycles. The SMILES string of the molecule is Cc1ccc(S(=O)(=O)N(CC(=O)N(CCc2ccccc2)[C@@H](C)C(=O)NCC(C)C)c2cc(Cl)ccc2C)cc1. The van der Waals surface area contributed by atoms with E-state index in [0.29, 0.717) is 29.2 Å². The molecule has 3 rings (SSSR count). The minimum absolute atomic E-state index is 0.0591. The number of aryl methyl sites for hydroxylation is 2. The summed E-state index contributed by atoms with van der Waals surface area (Å²) in [6.07, 6.45) is 0.509. The second kappa shape index (κ2) is 13.8. The molecule has 3 aromatic rings. The Labute approximate surface area is 243 Å². The molecule has 2 amide bonds. The van der Waals surface area contributed by atoms with Crippen LogP contribution in [0.1, 0.15) is 37.5 Å². The van der Waals surface area contributed by atoms with E-state index < -0.39 is 28.5 Å². The number of amides is 2. The van der Waals surface area contributed by atoms with Gasteiger partial charge in [0.25, 0.3) is 10.0 Å². The van der Waals surface area contributed by atoms with Crippen molar-refractivity contribution in [2.75, 3.05) is 23.9 Å². The molecule has 0 aromatic heterocycles. The maximum atomic E-state index is 14.0. The molecule has 0 fully saturated rings. The van der Waals surface area contributed by atoms with Crippen LogP contribution in [0.15, 0.2) is 77.7 Å². The largest absolute Gasteiger partial charge is 0.354 e. The summed E-state index contributed by atoms with van der Waals surface area (Å²) in [4.78, 5) is 28.5. The first kappa shape index (κ1) is 31.2. The fourth-order valence-corrected chi connectivity index (χ4v) is 5.86. The molecule has 0 aliphatic carbocycles. The van der Waals surface area contributed by atoms with Gasteiger partial charge in [-0.1, -0.05) is 79.5 Å². The van der Waals surface area contributed by atoms with E-state index in [1.807, 2.05) is 51.1 Å². The van der Waals surface area contributed by atoms with Crippen molar-refractivity contribution >= 4 is 39.1 Å². The second-order valence-corrected chi connectivity index (χ2v) is 12.7. The number of anilines is 1. The lowest BCUT2D eigenvalue weighted by Gasteiger charge is -2.32. The Kier molecular flexibility index (Phi) is 10.8. The van der Waals surface area contributed by atoms with Crippen molar-refractivity contribution in [3.63, 3.8) is 0 Å². The van der Waals surface area contributed by atoms with Crippen molar-refractivity contribution in [2.45, 2.75) is 52.0 Å². The molecule has 1 N–H and O–H groups in total. The van der Waals surface area contributed by atoms with E-state index in [-0.39, 0.29) is 23.3 Å². The molecule has 0 aliphatic rings. The first-order valence-corrected chi connectivity index (χ1v) is 15.2. The summed E-state index contributed by atoms with van der Waals surface area (Å²) in [6, 6.07) is 20.3. The zero-order chi connectivity index (χ0) is 29.4. The van der Waals surface area contributed by atoms with Gasteiger partial charge in [0, 0.05) is 18.1 Å². The number of sulfonamides is 1. The number of hydrogen-bond donors (Lipinski definition) is 1. The summed E-state index contributed by atoms with van der Waals surface area (Å²) in [7, 11) is -4.15. The average Bonchev–Trinajstić information content (AvgIpc) is 2.92. The Morgan fingerprint density at radius 2 is 1.57 bits per heavy atom. The van der Waals surface area contributed by atoms with E-state index in [1.54, 1.807) is 44.2 Å². The fourth-order valence-electron chi connectivity index (χ4n) is 4.22. The molecule has 214 valence electrons. The Bertz CT molecular complexity index is 1410. The van der Waals surface area contributed by atoms with Gasteiger partial charge in [-0.15, -0.1) is 0 Å². The summed E-state index contributed by atoms with van der Waals surface area (Å²) < 4.78 is 29.0. The molecule has 0 radical (unpaired) electrons. The molecular weight excluding hydrogens is 546 g/mol. The summed E-state index contributed by atoms with van der Waals surface area (Å²) in [5, 5.41) is 3.24. The van der Waals surface area contributed by atoms with Crippen LogP contribution in [0.5, 0.6) is 0 Å². The van der Waals surface area contributed by atoms with Crippen LogP contribution in [0, 0.1) is 19.8 Å². The van der Waals surface area contributed by atoms with Gasteiger partial charge < -0.3 is 10.2 Å². The summed E-state index contributed by atoms with van der Waals surface area (Å²) in [5.41, 5.74) is 2.87. The van der Waals surface area contributed by atoms with E-state index in [9.17, 15) is 18.0 Å². The first-order chi connectivity index (χ1) is 18.9. The molecule has 7 nitrogen and oxygen atoms in total. The predicted octanol–water partition coefficient (Wildman–Crippen LogP) is 5.38. The Morgan fingerprint density at radius 1 is 0.925 bits per heavy atom. The maximum absolute atomic E-state index is 14.0. The number of carbonyl (C=O) groups excluding carboxylic acids is 2. The Balaban J connectivity index is 2.00. The molecular formula is C31H38ClN3O4S. The van der Waals surface area contributed by atoms with Gasteiger partial charge in [0.05, 0.1) is 10.6 Å². The molecule has 0 heterocycles. The molecule has 40 heavy (non-hydrogen) atoms. The van der Waals surface area contributed by atoms with Crippen LogP contribution in [0.4, 0.5) is 5.69 Å². The summed E-state index contributed by atoms with van der Waals surface area (Å²) in [5.74, 6) is -0.536. The summed E-state index contributed by atoms with van der Waals surface area (Å²) in [6.45, 7) is 9.51. The highest BCUT2D eigenvalue weighted by Crippen LogP contribution is 2.30. The number of nitrogens with zero attached hydrogens (tertiary/aromatic N) is 2. The highest BCUT2D eigenvalue weighted by molar-refractivity contribution is 7.92. The highest BCUT2D eigenvalue weighted by atomic mass is 35.5. The summed E-state index contributed by atoms with van der Waals surface area (Å²) >= 11 is 6.28. The smallest absolute Gasteiger partial charge is 0.264 e.